The van der Waals surface area contributed by atoms with E-state index < -0.39 is 0 Å². The molecule has 2 aromatic carbocycles. The Bertz CT molecular complexity index is 672. The molecule has 116 valence electrons. The van der Waals surface area contributed by atoms with Crippen molar-refractivity contribution in [3.8, 4) is 0 Å². The van der Waals surface area contributed by atoms with Crippen molar-refractivity contribution in [3.05, 3.63) is 70.2 Å². The molecule has 0 saturated heterocycles. The van der Waals surface area contributed by atoms with E-state index in [0.717, 1.165) is 24.4 Å². The second-order valence-corrected chi connectivity index (χ2v) is 6.29. The molecule has 0 unspecified atom stereocenters. The minimum absolute atomic E-state index is 0. The lowest BCUT2D eigenvalue weighted by Crippen LogP contribution is -2.13. The SMILES string of the molecule is CN(C)CCC1=C(c2ccc(Cl)cc2)Cc2ccccc21.Cl. The molecule has 1 aliphatic carbocycles. The standard InChI is InChI=1S/C19H20ClN.ClH/c1-21(2)12-11-18-17-6-4-3-5-15(17)13-19(18)14-7-9-16(20)10-8-14;/h3-10H,11-13H2,1-2H3;1H. The van der Waals surface area contributed by atoms with E-state index >= 15 is 0 Å². The fourth-order valence-corrected chi connectivity index (χ4v) is 3.10. The first kappa shape index (κ1) is 17.1. The van der Waals surface area contributed by atoms with Crippen molar-refractivity contribution in [1.29, 1.82) is 0 Å². The maximum absolute atomic E-state index is 6.02. The molecule has 0 heterocycles. The molecule has 0 radical (unpaired) electrons. The van der Waals surface area contributed by atoms with Gasteiger partial charge in [-0.1, -0.05) is 48.0 Å². The van der Waals surface area contributed by atoms with Crippen molar-refractivity contribution in [3.63, 3.8) is 0 Å². The van der Waals surface area contributed by atoms with Gasteiger partial charge in [0.2, 0.25) is 0 Å². The largest absolute Gasteiger partial charge is 0.309 e. The van der Waals surface area contributed by atoms with Gasteiger partial charge in [0.1, 0.15) is 0 Å². The van der Waals surface area contributed by atoms with Crippen molar-refractivity contribution >= 4 is 35.2 Å². The van der Waals surface area contributed by atoms with Gasteiger partial charge >= 0.3 is 0 Å². The van der Waals surface area contributed by atoms with E-state index in [2.05, 4.69) is 55.4 Å². The zero-order valence-electron chi connectivity index (χ0n) is 13.0. The Morgan fingerprint density at radius 1 is 1.00 bits per heavy atom. The van der Waals surface area contributed by atoms with E-state index in [9.17, 15) is 0 Å². The van der Waals surface area contributed by atoms with Crippen molar-refractivity contribution in [2.45, 2.75) is 12.8 Å². The summed E-state index contributed by atoms with van der Waals surface area (Å²) in [6.45, 7) is 1.07. The van der Waals surface area contributed by atoms with E-state index in [1.165, 1.54) is 27.8 Å². The molecule has 1 nitrogen and oxygen atoms in total. The van der Waals surface area contributed by atoms with Gasteiger partial charge in [-0.2, -0.15) is 0 Å². The molecule has 22 heavy (non-hydrogen) atoms. The maximum Gasteiger partial charge on any atom is 0.0406 e. The first-order chi connectivity index (χ1) is 10.1. The van der Waals surface area contributed by atoms with Gasteiger partial charge in [-0.3, -0.25) is 0 Å². The number of benzene rings is 2. The monoisotopic (exact) mass is 333 g/mol. The van der Waals surface area contributed by atoms with Crippen molar-refractivity contribution < 1.29 is 0 Å². The third-order valence-corrected chi connectivity index (χ3v) is 4.33. The summed E-state index contributed by atoms with van der Waals surface area (Å²) in [6.07, 6.45) is 2.11. The van der Waals surface area contributed by atoms with Gasteiger partial charge in [-0.25, -0.2) is 0 Å². The van der Waals surface area contributed by atoms with Crippen LogP contribution in [0, 0.1) is 0 Å². The Hall–Kier alpha value is -1.28. The third kappa shape index (κ3) is 3.55. The van der Waals surface area contributed by atoms with Gasteiger partial charge < -0.3 is 4.90 Å². The molecular formula is C19H21Cl2N. The zero-order chi connectivity index (χ0) is 14.8. The Morgan fingerprint density at radius 2 is 1.68 bits per heavy atom. The summed E-state index contributed by atoms with van der Waals surface area (Å²) in [5, 5.41) is 0.796. The molecule has 2 aromatic rings. The van der Waals surface area contributed by atoms with Crippen LogP contribution in [0.25, 0.3) is 11.1 Å². The Balaban J connectivity index is 0.00000176. The second-order valence-electron chi connectivity index (χ2n) is 5.85. The van der Waals surface area contributed by atoms with Gasteiger partial charge in [-0.05, 0) is 66.9 Å². The predicted octanol–water partition coefficient (Wildman–Crippen LogP) is 5.18. The molecule has 0 N–H and O–H groups in total. The number of fused-ring (bicyclic) bond motifs is 1. The molecule has 0 aliphatic heterocycles. The second kappa shape index (κ2) is 7.32. The minimum Gasteiger partial charge on any atom is -0.309 e. The minimum atomic E-state index is 0. The smallest absolute Gasteiger partial charge is 0.0406 e. The average molecular weight is 334 g/mol. The highest BCUT2D eigenvalue weighted by atomic mass is 35.5. The molecule has 0 saturated carbocycles. The van der Waals surface area contributed by atoms with Gasteiger partial charge in [0.25, 0.3) is 0 Å². The molecule has 0 aromatic heterocycles. The molecule has 3 heteroatoms. The fraction of sp³-hybridized carbons (Fsp3) is 0.263. The number of hydrogen-bond donors (Lipinski definition) is 0. The predicted molar refractivity (Wildman–Crippen MR) is 98.8 cm³/mol. The van der Waals surface area contributed by atoms with E-state index in [0.29, 0.717) is 0 Å². The topological polar surface area (TPSA) is 3.24 Å². The zero-order valence-corrected chi connectivity index (χ0v) is 14.5. The summed E-state index contributed by atoms with van der Waals surface area (Å²) in [6, 6.07) is 17.0. The summed E-state index contributed by atoms with van der Waals surface area (Å²) in [5.41, 5.74) is 7.10. The third-order valence-electron chi connectivity index (χ3n) is 4.08. The Labute approximate surface area is 144 Å². The van der Waals surface area contributed by atoms with Crippen LogP contribution in [0.1, 0.15) is 23.1 Å². The number of nitrogens with zero attached hydrogens (tertiary/aromatic N) is 1. The van der Waals surface area contributed by atoms with Crippen LogP contribution in [0.5, 0.6) is 0 Å². The molecule has 0 amide bonds. The summed E-state index contributed by atoms with van der Waals surface area (Å²) < 4.78 is 0. The molecule has 0 fully saturated rings. The molecule has 0 atom stereocenters. The van der Waals surface area contributed by atoms with Crippen LogP contribution in [0.2, 0.25) is 5.02 Å². The molecule has 0 bridgehead atoms. The summed E-state index contributed by atoms with van der Waals surface area (Å²) >= 11 is 6.02. The van der Waals surface area contributed by atoms with Crippen molar-refractivity contribution in [2.24, 2.45) is 0 Å². The fourth-order valence-electron chi connectivity index (χ4n) is 2.98. The Kier molecular flexibility index (Phi) is 5.69. The van der Waals surface area contributed by atoms with Crippen LogP contribution in [0.3, 0.4) is 0 Å². The van der Waals surface area contributed by atoms with E-state index in [4.69, 9.17) is 11.6 Å². The summed E-state index contributed by atoms with van der Waals surface area (Å²) in [4.78, 5) is 2.24. The van der Waals surface area contributed by atoms with Crippen LogP contribution in [0.4, 0.5) is 0 Å². The van der Waals surface area contributed by atoms with E-state index in [-0.39, 0.29) is 12.4 Å². The normalized spacial score (nSPS) is 13.3. The highest BCUT2D eigenvalue weighted by Gasteiger charge is 2.21. The van der Waals surface area contributed by atoms with Crippen molar-refractivity contribution in [2.75, 3.05) is 20.6 Å². The van der Waals surface area contributed by atoms with Crippen LogP contribution in [-0.2, 0) is 6.42 Å². The summed E-state index contributed by atoms with van der Waals surface area (Å²) in [7, 11) is 4.26. The first-order valence-electron chi connectivity index (χ1n) is 7.36. The van der Waals surface area contributed by atoms with Gasteiger partial charge in [-0.15, -0.1) is 12.4 Å². The molecule has 3 rings (SSSR count). The van der Waals surface area contributed by atoms with Crippen molar-refractivity contribution in [1.82, 2.24) is 4.90 Å². The van der Waals surface area contributed by atoms with Gasteiger partial charge in [0.05, 0.1) is 0 Å². The number of allylic oxidation sites excluding steroid dienone is 1. The number of hydrogen-bond acceptors (Lipinski definition) is 1. The quantitative estimate of drug-likeness (QED) is 0.745. The molecule has 0 spiro atoms. The Morgan fingerprint density at radius 3 is 2.36 bits per heavy atom. The van der Waals surface area contributed by atoms with Gasteiger partial charge in [0.15, 0.2) is 0 Å². The lowest BCUT2D eigenvalue weighted by atomic mass is 9.98. The van der Waals surface area contributed by atoms with Crippen LogP contribution in [-0.4, -0.2) is 25.5 Å². The van der Waals surface area contributed by atoms with Crippen LogP contribution >= 0.6 is 24.0 Å². The highest BCUT2D eigenvalue weighted by Crippen LogP contribution is 2.40. The number of halogens is 2. The highest BCUT2D eigenvalue weighted by molar-refractivity contribution is 6.30. The first-order valence-corrected chi connectivity index (χ1v) is 7.74. The lowest BCUT2D eigenvalue weighted by Gasteiger charge is -2.13. The molecule has 1 aliphatic rings. The van der Waals surface area contributed by atoms with E-state index in [1.807, 2.05) is 12.1 Å². The van der Waals surface area contributed by atoms with Crippen LogP contribution in [0.15, 0.2) is 48.5 Å². The van der Waals surface area contributed by atoms with Gasteiger partial charge in [0, 0.05) is 11.6 Å². The van der Waals surface area contributed by atoms with Crippen LogP contribution < -0.4 is 0 Å². The number of rotatable bonds is 4. The maximum atomic E-state index is 6.02. The average Bonchev–Trinajstić information content (AvgIpc) is 2.84. The molecular weight excluding hydrogens is 313 g/mol. The lowest BCUT2D eigenvalue weighted by molar-refractivity contribution is 0.420. The van der Waals surface area contributed by atoms with E-state index in [1.54, 1.807) is 0 Å². The summed E-state index contributed by atoms with van der Waals surface area (Å²) in [5.74, 6) is 0.